The van der Waals surface area contributed by atoms with Gasteiger partial charge in [-0.1, -0.05) is 0 Å². The van der Waals surface area contributed by atoms with E-state index in [1.54, 1.807) is 17.9 Å². The van der Waals surface area contributed by atoms with Gasteiger partial charge in [-0.2, -0.15) is 18.6 Å². The standard InChI is InChI=1S/C8H10N4O5S.CH5N/c1-10-6-3-11-4-7(5(6)2-9-10)12(8(11)13)17-18(14,15)16;1-2/h2,7H,3-4H2,1H3,(H,14,15,16);2H2,1H3. The van der Waals surface area contributed by atoms with Crippen molar-refractivity contribution >= 4 is 16.4 Å². The Hall–Kier alpha value is -1.69. The molecule has 1 saturated heterocycles. The van der Waals surface area contributed by atoms with Crippen LogP contribution in [0.15, 0.2) is 6.20 Å². The van der Waals surface area contributed by atoms with E-state index in [2.05, 4.69) is 15.1 Å². The van der Waals surface area contributed by atoms with Gasteiger partial charge in [-0.25, -0.2) is 4.79 Å². The first-order valence-corrected chi connectivity index (χ1v) is 7.07. The highest BCUT2D eigenvalue weighted by Gasteiger charge is 2.47. The molecule has 1 atom stereocenters. The van der Waals surface area contributed by atoms with E-state index in [-0.39, 0.29) is 0 Å². The Balaban J connectivity index is 0.000000704. The quantitative estimate of drug-likeness (QED) is 0.671. The number of nitrogens with two attached hydrogens (primary N) is 1. The second-order valence-electron chi connectivity index (χ2n) is 4.18. The monoisotopic (exact) mass is 305 g/mol. The average Bonchev–Trinajstić information content (AvgIpc) is 2.87. The fourth-order valence-corrected chi connectivity index (χ4v) is 2.68. The smallest absolute Gasteiger partial charge is 0.333 e. The van der Waals surface area contributed by atoms with Gasteiger partial charge in [-0.15, -0.1) is 4.28 Å². The van der Waals surface area contributed by atoms with Crippen molar-refractivity contribution in [2.45, 2.75) is 12.6 Å². The molecule has 2 aliphatic heterocycles. The number of fused-ring (bicyclic) bond motifs is 4. The van der Waals surface area contributed by atoms with Gasteiger partial charge in [0.15, 0.2) is 0 Å². The van der Waals surface area contributed by atoms with Crippen LogP contribution in [-0.4, -0.2) is 52.3 Å². The van der Waals surface area contributed by atoms with E-state index in [0.717, 1.165) is 11.3 Å². The summed E-state index contributed by atoms with van der Waals surface area (Å²) in [4.78, 5) is 13.3. The third-order valence-corrected chi connectivity index (χ3v) is 3.45. The van der Waals surface area contributed by atoms with E-state index >= 15 is 0 Å². The first-order chi connectivity index (χ1) is 9.37. The molecule has 0 aliphatic carbocycles. The number of rotatable bonds is 2. The van der Waals surface area contributed by atoms with Gasteiger partial charge >= 0.3 is 16.4 Å². The lowest BCUT2D eigenvalue weighted by Crippen LogP contribution is -2.32. The summed E-state index contributed by atoms with van der Waals surface area (Å²) in [6.45, 7) is 0.652. The Labute approximate surface area is 115 Å². The van der Waals surface area contributed by atoms with Crippen LogP contribution in [0.25, 0.3) is 0 Å². The van der Waals surface area contributed by atoms with Crippen LogP contribution < -0.4 is 5.73 Å². The maximum Gasteiger partial charge on any atom is 0.418 e. The van der Waals surface area contributed by atoms with Gasteiger partial charge in [-0.3, -0.25) is 9.23 Å². The molecule has 10 nitrogen and oxygen atoms in total. The number of hydrogen-bond donors (Lipinski definition) is 2. The second-order valence-corrected chi connectivity index (χ2v) is 5.18. The van der Waals surface area contributed by atoms with Gasteiger partial charge in [0.1, 0.15) is 6.04 Å². The highest BCUT2D eigenvalue weighted by atomic mass is 32.3. The van der Waals surface area contributed by atoms with Crippen molar-refractivity contribution in [3.63, 3.8) is 0 Å². The summed E-state index contributed by atoms with van der Waals surface area (Å²) in [5, 5.41) is 4.73. The number of carbonyl (C=O) groups excluding carboxylic acids is 1. The average molecular weight is 305 g/mol. The first kappa shape index (κ1) is 14.7. The third kappa shape index (κ3) is 2.35. The van der Waals surface area contributed by atoms with Crippen molar-refractivity contribution in [1.29, 1.82) is 0 Å². The third-order valence-electron chi connectivity index (χ3n) is 3.10. The number of hydroxylamine groups is 2. The van der Waals surface area contributed by atoms with Crippen molar-refractivity contribution in [3.05, 3.63) is 17.5 Å². The molecule has 11 heteroatoms. The van der Waals surface area contributed by atoms with Crippen molar-refractivity contribution < 1.29 is 22.0 Å². The second kappa shape index (κ2) is 5.01. The van der Waals surface area contributed by atoms with Gasteiger partial charge in [0.05, 0.1) is 25.0 Å². The van der Waals surface area contributed by atoms with Crippen LogP contribution in [0.3, 0.4) is 0 Å². The zero-order valence-corrected chi connectivity index (χ0v) is 11.7. The van der Waals surface area contributed by atoms with Gasteiger partial charge in [0, 0.05) is 12.6 Å². The van der Waals surface area contributed by atoms with E-state index in [4.69, 9.17) is 4.55 Å². The van der Waals surface area contributed by atoms with E-state index in [1.165, 1.54) is 11.9 Å². The topological polar surface area (TPSA) is 131 Å². The highest BCUT2D eigenvalue weighted by Crippen LogP contribution is 2.37. The zero-order chi connectivity index (χ0) is 15.1. The van der Waals surface area contributed by atoms with E-state index < -0.39 is 22.5 Å². The minimum absolute atomic E-state index is 0.313. The number of hydrogen-bond acceptors (Lipinski definition) is 6. The molecule has 3 N–H and O–H groups in total. The molecule has 2 amide bonds. The summed E-state index contributed by atoms with van der Waals surface area (Å²) >= 11 is 0. The molecule has 3 rings (SSSR count). The highest BCUT2D eigenvalue weighted by molar-refractivity contribution is 7.80. The summed E-state index contributed by atoms with van der Waals surface area (Å²) in [6, 6.07) is -1.16. The fourth-order valence-electron chi connectivity index (χ4n) is 2.31. The van der Waals surface area contributed by atoms with Crippen molar-refractivity contribution in [2.24, 2.45) is 12.8 Å². The van der Waals surface area contributed by atoms with Gasteiger partial charge in [0.2, 0.25) is 0 Å². The number of nitrogens with zero attached hydrogens (tertiary/aromatic N) is 4. The summed E-state index contributed by atoms with van der Waals surface area (Å²) in [6.07, 6.45) is 1.57. The number of urea groups is 1. The predicted molar refractivity (Wildman–Crippen MR) is 66.3 cm³/mol. The molecule has 2 aliphatic rings. The molecule has 0 spiro atoms. The van der Waals surface area contributed by atoms with Crippen LogP contribution in [0.5, 0.6) is 0 Å². The number of carbonyl (C=O) groups is 1. The Morgan fingerprint density at radius 3 is 2.75 bits per heavy atom. The fraction of sp³-hybridized carbons (Fsp3) is 0.556. The van der Waals surface area contributed by atoms with Crippen LogP contribution in [0.1, 0.15) is 17.3 Å². The van der Waals surface area contributed by atoms with E-state index in [9.17, 15) is 13.2 Å². The van der Waals surface area contributed by atoms with Crippen molar-refractivity contribution in [1.82, 2.24) is 19.7 Å². The molecule has 112 valence electrons. The molecule has 0 saturated carbocycles. The predicted octanol–water partition coefficient (Wildman–Crippen LogP) is -0.978. The maximum atomic E-state index is 11.9. The lowest BCUT2D eigenvalue weighted by atomic mass is 10.1. The van der Waals surface area contributed by atoms with Crippen LogP contribution in [-0.2, 0) is 28.3 Å². The maximum absolute atomic E-state index is 11.9. The molecular weight excluding hydrogens is 290 g/mol. The minimum atomic E-state index is -4.72. The van der Waals surface area contributed by atoms with E-state index in [1.807, 2.05) is 0 Å². The molecular formula is C9H15N5O5S. The summed E-state index contributed by atoms with van der Waals surface area (Å²) in [5.41, 5.74) is 6.05. The molecule has 20 heavy (non-hydrogen) atoms. The zero-order valence-electron chi connectivity index (χ0n) is 10.9. The first-order valence-electron chi connectivity index (χ1n) is 5.70. The number of aryl methyl sites for hydroxylation is 1. The van der Waals surface area contributed by atoms with Crippen LogP contribution in [0.2, 0.25) is 0 Å². The molecule has 0 radical (unpaired) electrons. The van der Waals surface area contributed by atoms with Crippen LogP contribution in [0.4, 0.5) is 4.79 Å². The molecule has 1 fully saturated rings. The molecule has 3 heterocycles. The number of amides is 2. The molecule has 1 aromatic rings. The van der Waals surface area contributed by atoms with E-state index in [0.29, 0.717) is 18.2 Å². The number of aromatic nitrogens is 2. The summed E-state index contributed by atoms with van der Waals surface area (Å²) in [5.74, 6) is 0. The Morgan fingerprint density at radius 1 is 1.50 bits per heavy atom. The molecule has 0 aromatic carbocycles. The molecule has 2 bridgehead atoms. The molecule has 1 unspecified atom stereocenters. The molecule has 1 aromatic heterocycles. The largest absolute Gasteiger partial charge is 0.418 e. The Bertz CT molecular complexity index is 627. The normalized spacial score (nSPS) is 20.6. The Kier molecular flexibility index (Phi) is 3.69. The Morgan fingerprint density at radius 2 is 2.15 bits per heavy atom. The minimum Gasteiger partial charge on any atom is -0.333 e. The van der Waals surface area contributed by atoms with Crippen LogP contribution in [0, 0.1) is 0 Å². The summed E-state index contributed by atoms with van der Waals surface area (Å²) < 4.78 is 36.1. The lowest BCUT2D eigenvalue weighted by Gasteiger charge is -2.21. The lowest BCUT2D eigenvalue weighted by molar-refractivity contribution is -0.0316. The summed E-state index contributed by atoms with van der Waals surface area (Å²) in [7, 11) is -1.48. The van der Waals surface area contributed by atoms with Gasteiger partial charge in [0.25, 0.3) is 0 Å². The van der Waals surface area contributed by atoms with Gasteiger partial charge in [-0.05, 0) is 7.05 Å². The van der Waals surface area contributed by atoms with Gasteiger partial charge < -0.3 is 10.6 Å². The van der Waals surface area contributed by atoms with Crippen LogP contribution >= 0.6 is 0 Å². The van der Waals surface area contributed by atoms with Crippen molar-refractivity contribution in [3.8, 4) is 0 Å². The van der Waals surface area contributed by atoms with Crippen molar-refractivity contribution in [2.75, 3.05) is 13.6 Å². The SMILES string of the molecule is CN.Cn1ncc2c1CN1CC2N(OS(=O)(=O)O)C1=O.